The third kappa shape index (κ3) is 4.18. The molecule has 0 aliphatic carbocycles. The Morgan fingerprint density at radius 2 is 1.61 bits per heavy atom. The van der Waals surface area contributed by atoms with E-state index >= 15 is 0 Å². The van der Waals surface area contributed by atoms with Gasteiger partial charge in [0, 0.05) is 19.6 Å². The van der Waals surface area contributed by atoms with E-state index in [2.05, 4.69) is 0 Å². The highest BCUT2D eigenvalue weighted by molar-refractivity contribution is 5.42. The molecular weight excluding hydrogens is 234 g/mol. The molecule has 1 rings (SSSR count). The van der Waals surface area contributed by atoms with Crippen molar-refractivity contribution in [2.75, 3.05) is 40.5 Å². The third-order valence-electron chi connectivity index (χ3n) is 2.69. The smallest absolute Gasteiger partial charge is 0.161 e. The maximum atomic E-state index is 8.96. The van der Waals surface area contributed by atoms with E-state index < -0.39 is 0 Å². The highest BCUT2D eigenvalue weighted by Crippen LogP contribution is 2.27. The minimum absolute atomic E-state index is 0.0767. The minimum Gasteiger partial charge on any atom is -0.493 e. The molecule has 0 fully saturated rings. The summed E-state index contributed by atoms with van der Waals surface area (Å²) in [6.45, 7) is 1.88. The van der Waals surface area contributed by atoms with Gasteiger partial charge in [0.2, 0.25) is 0 Å². The fraction of sp³-hybridized carbons (Fsp3) is 0.538. The molecule has 0 aliphatic rings. The lowest BCUT2D eigenvalue weighted by molar-refractivity contribution is 0.156. The Balaban J connectivity index is 2.76. The average molecular weight is 255 g/mol. The lowest BCUT2D eigenvalue weighted by Gasteiger charge is -2.20. The molecule has 0 saturated heterocycles. The molecule has 0 aromatic heterocycles. The maximum absolute atomic E-state index is 8.96. The van der Waals surface area contributed by atoms with Gasteiger partial charge in [-0.05, 0) is 17.7 Å². The van der Waals surface area contributed by atoms with Crippen LogP contribution in [0.15, 0.2) is 18.2 Å². The standard InChI is InChI=1S/C13H21NO4/c1-17-12-4-3-11(9-13(12)18-2)10-14(5-7-15)6-8-16/h3-4,9,15-16H,5-8,10H2,1-2H3. The molecule has 0 aliphatic heterocycles. The first kappa shape index (κ1) is 14.8. The Morgan fingerprint density at radius 1 is 1.00 bits per heavy atom. The third-order valence-corrected chi connectivity index (χ3v) is 2.69. The Labute approximate surface area is 108 Å². The lowest BCUT2D eigenvalue weighted by atomic mass is 10.2. The zero-order valence-corrected chi connectivity index (χ0v) is 10.9. The van der Waals surface area contributed by atoms with Crippen molar-refractivity contribution in [2.24, 2.45) is 0 Å². The Bertz CT molecular complexity index is 351. The molecule has 0 saturated carbocycles. The van der Waals surface area contributed by atoms with E-state index in [0.717, 1.165) is 5.56 Å². The van der Waals surface area contributed by atoms with Crippen LogP contribution in [-0.2, 0) is 6.54 Å². The van der Waals surface area contributed by atoms with E-state index in [-0.39, 0.29) is 13.2 Å². The van der Waals surface area contributed by atoms with E-state index in [0.29, 0.717) is 31.1 Å². The van der Waals surface area contributed by atoms with Crippen LogP contribution in [0.4, 0.5) is 0 Å². The SMILES string of the molecule is COc1ccc(CN(CCO)CCO)cc1OC. The molecule has 5 nitrogen and oxygen atoms in total. The van der Waals surface area contributed by atoms with Crippen LogP contribution in [-0.4, -0.2) is 55.6 Å². The van der Waals surface area contributed by atoms with E-state index in [1.807, 2.05) is 23.1 Å². The van der Waals surface area contributed by atoms with Crippen molar-refractivity contribution in [3.05, 3.63) is 23.8 Å². The van der Waals surface area contributed by atoms with Gasteiger partial charge in [-0.15, -0.1) is 0 Å². The normalized spacial score (nSPS) is 10.7. The number of rotatable bonds is 8. The van der Waals surface area contributed by atoms with Gasteiger partial charge in [-0.2, -0.15) is 0 Å². The molecule has 1 aromatic carbocycles. The maximum Gasteiger partial charge on any atom is 0.161 e. The summed E-state index contributed by atoms with van der Waals surface area (Å²) < 4.78 is 10.4. The van der Waals surface area contributed by atoms with Gasteiger partial charge in [0.1, 0.15) is 0 Å². The number of benzene rings is 1. The molecule has 0 unspecified atom stereocenters. The molecule has 5 heteroatoms. The molecule has 0 radical (unpaired) electrons. The minimum atomic E-state index is 0.0767. The van der Waals surface area contributed by atoms with Gasteiger partial charge in [0.05, 0.1) is 27.4 Å². The zero-order chi connectivity index (χ0) is 13.4. The molecule has 0 heterocycles. The molecule has 18 heavy (non-hydrogen) atoms. The first-order valence-electron chi connectivity index (χ1n) is 5.90. The summed E-state index contributed by atoms with van der Waals surface area (Å²) in [6, 6.07) is 5.70. The van der Waals surface area contributed by atoms with E-state index in [1.165, 1.54) is 0 Å². The molecule has 1 aromatic rings. The monoisotopic (exact) mass is 255 g/mol. The summed E-state index contributed by atoms with van der Waals surface area (Å²) in [5.74, 6) is 1.38. The molecule has 2 N–H and O–H groups in total. The Kier molecular flexibility index (Phi) is 6.49. The van der Waals surface area contributed by atoms with Crippen LogP contribution in [0, 0.1) is 0 Å². The van der Waals surface area contributed by atoms with Crippen LogP contribution in [0.3, 0.4) is 0 Å². The molecule has 0 amide bonds. The number of aliphatic hydroxyl groups is 2. The van der Waals surface area contributed by atoms with Gasteiger partial charge in [-0.25, -0.2) is 0 Å². The van der Waals surface area contributed by atoms with Crippen LogP contribution in [0.25, 0.3) is 0 Å². The van der Waals surface area contributed by atoms with Gasteiger partial charge in [0.25, 0.3) is 0 Å². The van der Waals surface area contributed by atoms with Crippen molar-refractivity contribution in [1.29, 1.82) is 0 Å². The number of aliphatic hydroxyl groups excluding tert-OH is 2. The number of ether oxygens (including phenoxy) is 2. The first-order valence-corrected chi connectivity index (χ1v) is 5.90. The topological polar surface area (TPSA) is 62.2 Å². The second-order valence-electron chi connectivity index (χ2n) is 3.91. The summed E-state index contributed by atoms with van der Waals surface area (Å²) >= 11 is 0. The van der Waals surface area contributed by atoms with Gasteiger partial charge in [-0.3, -0.25) is 4.90 Å². The van der Waals surface area contributed by atoms with Crippen molar-refractivity contribution in [3.8, 4) is 11.5 Å². The van der Waals surface area contributed by atoms with E-state index in [4.69, 9.17) is 19.7 Å². The van der Waals surface area contributed by atoms with E-state index in [1.54, 1.807) is 14.2 Å². The summed E-state index contributed by atoms with van der Waals surface area (Å²) in [5.41, 5.74) is 1.05. The molecular formula is C13H21NO4. The predicted molar refractivity (Wildman–Crippen MR) is 69.0 cm³/mol. The quantitative estimate of drug-likeness (QED) is 0.708. The van der Waals surface area contributed by atoms with Crippen LogP contribution in [0.1, 0.15) is 5.56 Å². The largest absolute Gasteiger partial charge is 0.493 e. The number of nitrogens with zero attached hydrogens (tertiary/aromatic N) is 1. The Hall–Kier alpha value is -1.30. The van der Waals surface area contributed by atoms with Crippen LogP contribution >= 0.6 is 0 Å². The van der Waals surface area contributed by atoms with Crippen molar-refractivity contribution in [1.82, 2.24) is 4.90 Å². The molecule has 0 atom stereocenters. The van der Waals surface area contributed by atoms with Gasteiger partial charge >= 0.3 is 0 Å². The molecule has 0 bridgehead atoms. The van der Waals surface area contributed by atoms with Gasteiger partial charge in [0.15, 0.2) is 11.5 Å². The fourth-order valence-corrected chi connectivity index (χ4v) is 1.79. The van der Waals surface area contributed by atoms with Crippen molar-refractivity contribution < 1.29 is 19.7 Å². The van der Waals surface area contributed by atoms with Crippen molar-refractivity contribution in [2.45, 2.75) is 6.54 Å². The molecule has 0 spiro atoms. The number of methoxy groups -OCH3 is 2. The van der Waals surface area contributed by atoms with Crippen molar-refractivity contribution >= 4 is 0 Å². The Morgan fingerprint density at radius 3 is 2.11 bits per heavy atom. The summed E-state index contributed by atoms with van der Waals surface area (Å²) in [4.78, 5) is 1.97. The summed E-state index contributed by atoms with van der Waals surface area (Å²) in [6.07, 6.45) is 0. The van der Waals surface area contributed by atoms with E-state index in [9.17, 15) is 0 Å². The average Bonchev–Trinajstić information content (AvgIpc) is 2.39. The zero-order valence-electron chi connectivity index (χ0n) is 10.9. The first-order chi connectivity index (χ1) is 8.74. The summed E-state index contributed by atoms with van der Waals surface area (Å²) in [7, 11) is 3.20. The lowest BCUT2D eigenvalue weighted by Crippen LogP contribution is -2.29. The highest BCUT2D eigenvalue weighted by atomic mass is 16.5. The number of hydrogen-bond acceptors (Lipinski definition) is 5. The highest BCUT2D eigenvalue weighted by Gasteiger charge is 2.08. The van der Waals surface area contributed by atoms with Gasteiger partial charge < -0.3 is 19.7 Å². The van der Waals surface area contributed by atoms with Crippen LogP contribution < -0.4 is 9.47 Å². The molecule has 102 valence electrons. The number of hydrogen-bond donors (Lipinski definition) is 2. The van der Waals surface area contributed by atoms with Gasteiger partial charge in [-0.1, -0.05) is 6.07 Å². The van der Waals surface area contributed by atoms with Crippen LogP contribution in [0.5, 0.6) is 11.5 Å². The fourth-order valence-electron chi connectivity index (χ4n) is 1.79. The summed E-state index contributed by atoms with van der Waals surface area (Å²) in [5, 5.41) is 17.9. The van der Waals surface area contributed by atoms with Crippen LogP contribution in [0.2, 0.25) is 0 Å². The van der Waals surface area contributed by atoms with Crippen molar-refractivity contribution in [3.63, 3.8) is 0 Å². The second-order valence-corrected chi connectivity index (χ2v) is 3.91. The predicted octanol–water partition coefficient (Wildman–Crippen LogP) is 0.490. The second kappa shape index (κ2) is 7.92.